The minimum atomic E-state index is -0.455. The second kappa shape index (κ2) is 3.15. The van der Waals surface area contributed by atoms with Gasteiger partial charge >= 0.3 is 0 Å². The first-order valence-electron chi connectivity index (χ1n) is 4.44. The summed E-state index contributed by atoms with van der Waals surface area (Å²) < 4.78 is 0. The third-order valence-corrected chi connectivity index (χ3v) is 2.52. The molecule has 66 valence electrons. The summed E-state index contributed by atoms with van der Waals surface area (Å²) >= 11 is 0. The standard InChI is InChI=1S/C10H11N3/c11-8-10(4-1-5-13-10)9-2-6-12-7-3-9/h2-3,6-7,13H,1,4-5H2. The third kappa shape index (κ3) is 1.30. The summed E-state index contributed by atoms with van der Waals surface area (Å²) in [5, 5.41) is 12.4. The minimum Gasteiger partial charge on any atom is -0.296 e. The summed E-state index contributed by atoms with van der Waals surface area (Å²) in [6.07, 6.45) is 5.42. The highest BCUT2D eigenvalue weighted by Crippen LogP contribution is 2.29. The zero-order valence-corrected chi connectivity index (χ0v) is 7.33. The summed E-state index contributed by atoms with van der Waals surface area (Å²) in [5.41, 5.74) is 0.575. The van der Waals surface area contributed by atoms with Gasteiger partial charge in [-0.25, -0.2) is 0 Å². The second-order valence-corrected chi connectivity index (χ2v) is 3.28. The van der Waals surface area contributed by atoms with Gasteiger partial charge in [0.25, 0.3) is 0 Å². The molecule has 0 aliphatic carbocycles. The third-order valence-electron chi connectivity index (χ3n) is 2.52. The van der Waals surface area contributed by atoms with E-state index in [0.717, 1.165) is 24.9 Å². The molecule has 1 aliphatic heterocycles. The molecule has 1 aromatic heterocycles. The van der Waals surface area contributed by atoms with Crippen LogP contribution >= 0.6 is 0 Å². The highest BCUT2D eigenvalue weighted by molar-refractivity contribution is 5.30. The number of rotatable bonds is 1. The van der Waals surface area contributed by atoms with E-state index in [4.69, 9.17) is 5.26 Å². The van der Waals surface area contributed by atoms with E-state index >= 15 is 0 Å². The maximum Gasteiger partial charge on any atom is 0.132 e. The quantitative estimate of drug-likeness (QED) is 0.693. The van der Waals surface area contributed by atoms with Crippen molar-refractivity contribution in [1.29, 1.82) is 5.26 Å². The van der Waals surface area contributed by atoms with E-state index in [1.54, 1.807) is 12.4 Å². The lowest BCUT2D eigenvalue weighted by Gasteiger charge is -2.20. The van der Waals surface area contributed by atoms with Gasteiger partial charge < -0.3 is 0 Å². The Morgan fingerprint density at radius 3 is 2.77 bits per heavy atom. The molecule has 1 atom stereocenters. The van der Waals surface area contributed by atoms with Crippen LogP contribution in [0.4, 0.5) is 0 Å². The van der Waals surface area contributed by atoms with Crippen molar-refractivity contribution in [3.05, 3.63) is 30.1 Å². The molecule has 2 heterocycles. The van der Waals surface area contributed by atoms with E-state index in [0.29, 0.717) is 0 Å². The van der Waals surface area contributed by atoms with Gasteiger partial charge in [0, 0.05) is 12.4 Å². The minimum absolute atomic E-state index is 0.455. The van der Waals surface area contributed by atoms with Crippen LogP contribution < -0.4 is 5.32 Å². The summed E-state index contributed by atoms with van der Waals surface area (Å²) in [4.78, 5) is 3.94. The van der Waals surface area contributed by atoms with Crippen LogP contribution in [0.5, 0.6) is 0 Å². The summed E-state index contributed by atoms with van der Waals surface area (Å²) in [6.45, 7) is 0.926. The zero-order chi connectivity index (χ0) is 9.15. The molecule has 3 nitrogen and oxygen atoms in total. The fourth-order valence-electron chi connectivity index (χ4n) is 1.79. The first-order valence-corrected chi connectivity index (χ1v) is 4.44. The van der Waals surface area contributed by atoms with Gasteiger partial charge in [-0.1, -0.05) is 0 Å². The molecule has 2 rings (SSSR count). The second-order valence-electron chi connectivity index (χ2n) is 3.28. The molecule has 0 bridgehead atoms. The average Bonchev–Trinajstić information content (AvgIpc) is 2.69. The predicted molar refractivity (Wildman–Crippen MR) is 48.8 cm³/mol. The average molecular weight is 173 g/mol. The number of pyridine rings is 1. The summed E-state index contributed by atoms with van der Waals surface area (Å²) in [6, 6.07) is 6.16. The van der Waals surface area contributed by atoms with Crippen LogP contribution in [-0.4, -0.2) is 11.5 Å². The Bertz CT molecular complexity index is 320. The van der Waals surface area contributed by atoms with Crippen molar-refractivity contribution in [3.8, 4) is 6.07 Å². The van der Waals surface area contributed by atoms with Crippen molar-refractivity contribution in [3.63, 3.8) is 0 Å². The molecular formula is C10H11N3. The van der Waals surface area contributed by atoms with Crippen LogP contribution in [0, 0.1) is 11.3 Å². The van der Waals surface area contributed by atoms with Crippen molar-refractivity contribution in [2.45, 2.75) is 18.4 Å². The Labute approximate surface area is 77.4 Å². The smallest absolute Gasteiger partial charge is 0.132 e. The highest BCUT2D eigenvalue weighted by Gasteiger charge is 2.34. The largest absolute Gasteiger partial charge is 0.296 e. The van der Waals surface area contributed by atoms with Crippen LogP contribution in [0.2, 0.25) is 0 Å². The molecule has 0 aromatic carbocycles. The van der Waals surface area contributed by atoms with Crippen LogP contribution in [0.25, 0.3) is 0 Å². The Balaban J connectivity index is 2.38. The van der Waals surface area contributed by atoms with Gasteiger partial charge in [0.2, 0.25) is 0 Å². The summed E-state index contributed by atoms with van der Waals surface area (Å²) in [5.74, 6) is 0. The van der Waals surface area contributed by atoms with E-state index in [9.17, 15) is 0 Å². The zero-order valence-electron chi connectivity index (χ0n) is 7.33. The summed E-state index contributed by atoms with van der Waals surface area (Å²) in [7, 11) is 0. The van der Waals surface area contributed by atoms with Gasteiger partial charge in [-0.3, -0.25) is 10.3 Å². The lowest BCUT2D eigenvalue weighted by molar-refractivity contribution is 0.509. The number of nitrogens with one attached hydrogen (secondary N) is 1. The van der Waals surface area contributed by atoms with E-state index < -0.39 is 5.54 Å². The number of hydrogen-bond acceptors (Lipinski definition) is 3. The molecule has 1 unspecified atom stereocenters. The molecule has 3 heteroatoms. The van der Waals surface area contributed by atoms with Gasteiger partial charge in [-0.2, -0.15) is 5.26 Å². The molecule has 1 aromatic rings. The van der Waals surface area contributed by atoms with Crippen LogP contribution in [0.15, 0.2) is 24.5 Å². The highest BCUT2D eigenvalue weighted by atomic mass is 15.0. The van der Waals surface area contributed by atoms with Crippen molar-refractivity contribution < 1.29 is 0 Å². The van der Waals surface area contributed by atoms with Crippen LogP contribution in [0.3, 0.4) is 0 Å². The molecule has 1 saturated heterocycles. The van der Waals surface area contributed by atoms with Crippen molar-refractivity contribution in [2.24, 2.45) is 0 Å². The van der Waals surface area contributed by atoms with E-state index in [1.165, 1.54) is 0 Å². The Morgan fingerprint density at radius 1 is 1.46 bits per heavy atom. The van der Waals surface area contributed by atoms with E-state index in [-0.39, 0.29) is 0 Å². The molecule has 1 aliphatic rings. The Morgan fingerprint density at radius 2 is 2.23 bits per heavy atom. The van der Waals surface area contributed by atoms with E-state index in [1.807, 2.05) is 12.1 Å². The SMILES string of the molecule is N#CC1(c2ccncc2)CCCN1. The fraction of sp³-hybridized carbons (Fsp3) is 0.400. The molecule has 0 amide bonds. The monoisotopic (exact) mass is 173 g/mol. The number of nitrogens with zero attached hydrogens (tertiary/aromatic N) is 2. The van der Waals surface area contributed by atoms with Gasteiger partial charge in [-0.05, 0) is 37.1 Å². The molecule has 13 heavy (non-hydrogen) atoms. The number of aromatic nitrogens is 1. The Hall–Kier alpha value is -1.40. The van der Waals surface area contributed by atoms with Gasteiger partial charge in [0.05, 0.1) is 6.07 Å². The number of hydrogen-bond donors (Lipinski definition) is 1. The van der Waals surface area contributed by atoms with Gasteiger partial charge in [-0.15, -0.1) is 0 Å². The molecule has 0 saturated carbocycles. The van der Waals surface area contributed by atoms with Crippen LogP contribution in [-0.2, 0) is 5.54 Å². The van der Waals surface area contributed by atoms with Crippen molar-refractivity contribution in [1.82, 2.24) is 10.3 Å². The predicted octanol–water partition coefficient (Wildman–Crippen LogP) is 1.18. The lowest BCUT2D eigenvalue weighted by Crippen LogP contribution is -2.34. The van der Waals surface area contributed by atoms with E-state index in [2.05, 4.69) is 16.4 Å². The molecule has 0 spiro atoms. The first kappa shape index (κ1) is 8.21. The lowest BCUT2D eigenvalue weighted by atomic mass is 9.91. The molecule has 1 N–H and O–H groups in total. The first-order chi connectivity index (χ1) is 6.37. The molecule has 1 fully saturated rings. The van der Waals surface area contributed by atoms with Crippen molar-refractivity contribution in [2.75, 3.05) is 6.54 Å². The number of nitriles is 1. The van der Waals surface area contributed by atoms with Crippen molar-refractivity contribution >= 4 is 0 Å². The molecular weight excluding hydrogens is 162 g/mol. The normalized spacial score (nSPS) is 27.0. The maximum atomic E-state index is 9.14. The van der Waals surface area contributed by atoms with Gasteiger partial charge in [0.1, 0.15) is 5.54 Å². The van der Waals surface area contributed by atoms with Crippen LogP contribution in [0.1, 0.15) is 18.4 Å². The topological polar surface area (TPSA) is 48.7 Å². The maximum absolute atomic E-state index is 9.14. The fourth-order valence-corrected chi connectivity index (χ4v) is 1.79. The van der Waals surface area contributed by atoms with Gasteiger partial charge in [0.15, 0.2) is 0 Å². The molecule has 0 radical (unpaired) electrons. The Kier molecular flexibility index (Phi) is 1.99.